The Morgan fingerprint density at radius 3 is 2.39 bits per heavy atom. The van der Waals surface area contributed by atoms with Gasteiger partial charge in [-0.1, -0.05) is 0 Å². The number of nitrogens with zero attached hydrogens (tertiary/aromatic N) is 1. The number of hydrogen-bond acceptors (Lipinski definition) is 6. The van der Waals surface area contributed by atoms with Crippen LogP contribution in [0, 0.1) is 0 Å². The molecule has 0 radical (unpaired) electrons. The third kappa shape index (κ3) is 5.08. The second-order valence-corrected chi connectivity index (χ2v) is 8.46. The van der Waals surface area contributed by atoms with Gasteiger partial charge in [-0.15, -0.1) is 0 Å². The molecule has 23 heavy (non-hydrogen) atoms. The van der Waals surface area contributed by atoms with Crippen LogP contribution >= 0.6 is 0 Å². The van der Waals surface area contributed by atoms with Gasteiger partial charge in [-0.3, -0.25) is 9.10 Å². The third-order valence-electron chi connectivity index (χ3n) is 2.96. The number of carbonyl (C=O) groups is 1. The van der Waals surface area contributed by atoms with Crippen LogP contribution in [-0.2, 0) is 24.8 Å². The molecule has 130 valence electrons. The Hall–Kier alpha value is -1.85. The summed E-state index contributed by atoms with van der Waals surface area (Å²) in [6.45, 7) is -0.152. The van der Waals surface area contributed by atoms with Crippen LogP contribution in [0.15, 0.2) is 23.1 Å². The van der Waals surface area contributed by atoms with Crippen molar-refractivity contribution in [1.82, 2.24) is 4.72 Å². The summed E-state index contributed by atoms with van der Waals surface area (Å²) in [6, 6.07) is 3.79. The minimum atomic E-state index is -3.92. The number of hydrogen-bond donors (Lipinski definition) is 2. The van der Waals surface area contributed by atoms with Gasteiger partial charge < -0.3 is 10.5 Å². The van der Waals surface area contributed by atoms with Crippen LogP contribution in [-0.4, -0.2) is 49.7 Å². The van der Waals surface area contributed by atoms with Crippen molar-refractivity contribution >= 4 is 31.6 Å². The summed E-state index contributed by atoms with van der Waals surface area (Å²) in [4.78, 5) is 10.5. The second-order valence-electron chi connectivity index (χ2n) is 4.68. The van der Waals surface area contributed by atoms with Crippen LogP contribution in [0.5, 0.6) is 5.75 Å². The lowest BCUT2D eigenvalue weighted by Crippen LogP contribution is -2.29. The Kier molecular flexibility index (Phi) is 5.97. The van der Waals surface area contributed by atoms with Crippen LogP contribution in [0.25, 0.3) is 0 Å². The molecule has 0 saturated heterocycles. The predicted octanol–water partition coefficient (Wildman–Crippen LogP) is -0.755. The van der Waals surface area contributed by atoms with E-state index in [1.54, 1.807) is 0 Å². The van der Waals surface area contributed by atoms with Crippen molar-refractivity contribution in [2.24, 2.45) is 5.73 Å². The molecule has 1 rings (SSSR count). The molecule has 0 aliphatic carbocycles. The lowest BCUT2D eigenvalue weighted by molar-refractivity contribution is -0.117. The zero-order valence-electron chi connectivity index (χ0n) is 12.9. The minimum absolute atomic E-state index is 0.0766. The standard InChI is InChI=1S/C12H19N3O6S2/c1-15(22(3,17)18)10-8-9(4-5-11(10)21-2)23(19,20)14-7-6-12(13)16/h4-5,8,14H,6-7H2,1-3H3,(H2,13,16). The van der Waals surface area contributed by atoms with Crippen molar-refractivity contribution in [2.45, 2.75) is 11.3 Å². The molecule has 0 heterocycles. The Morgan fingerprint density at radius 1 is 1.30 bits per heavy atom. The average Bonchev–Trinajstić information content (AvgIpc) is 2.44. The summed E-state index contributed by atoms with van der Waals surface area (Å²) in [7, 11) is -4.90. The van der Waals surface area contributed by atoms with E-state index in [4.69, 9.17) is 10.5 Å². The molecule has 0 spiro atoms. The molecule has 0 atom stereocenters. The van der Waals surface area contributed by atoms with Crippen LogP contribution in [0.4, 0.5) is 5.69 Å². The van der Waals surface area contributed by atoms with Gasteiger partial charge in [0.1, 0.15) is 5.75 Å². The molecule has 0 aliphatic heterocycles. The smallest absolute Gasteiger partial charge is 0.240 e. The summed E-state index contributed by atoms with van der Waals surface area (Å²) < 4.78 is 55.8. The zero-order chi connectivity index (χ0) is 17.8. The molecule has 1 aromatic rings. The average molecular weight is 365 g/mol. The maximum Gasteiger partial charge on any atom is 0.240 e. The summed E-state index contributed by atoms with van der Waals surface area (Å²) in [5, 5.41) is 0. The van der Waals surface area contributed by atoms with E-state index in [-0.39, 0.29) is 29.3 Å². The van der Waals surface area contributed by atoms with Crippen LogP contribution < -0.4 is 19.5 Å². The van der Waals surface area contributed by atoms with Crippen molar-refractivity contribution in [3.8, 4) is 5.75 Å². The minimum Gasteiger partial charge on any atom is -0.495 e. The van der Waals surface area contributed by atoms with Crippen LogP contribution in [0.2, 0.25) is 0 Å². The molecule has 3 N–H and O–H groups in total. The molecule has 0 aliphatic rings. The Morgan fingerprint density at radius 2 is 1.91 bits per heavy atom. The maximum atomic E-state index is 12.2. The fourth-order valence-electron chi connectivity index (χ4n) is 1.65. The van der Waals surface area contributed by atoms with E-state index in [0.717, 1.165) is 10.6 Å². The van der Waals surface area contributed by atoms with Crippen molar-refractivity contribution in [2.75, 3.05) is 31.3 Å². The highest BCUT2D eigenvalue weighted by molar-refractivity contribution is 7.92. The summed E-state index contributed by atoms with van der Waals surface area (Å²) >= 11 is 0. The van der Waals surface area contributed by atoms with Gasteiger partial charge in [0.05, 0.1) is 23.9 Å². The molecule has 0 unspecified atom stereocenters. The van der Waals surface area contributed by atoms with E-state index in [0.29, 0.717) is 0 Å². The molecule has 0 bridgehead atoms. The Balaban J connectivity index is 3.22. The first-order valence-electron chi connectivity index (χ1n) is 6.39. The van der Waals surface area contributed by atoms with Gasteiger partial charge >= 0.3 is 0 Å². The molecule has 1 amide bonds. The van der Waals surface area contributed by atoms with E-state index in [1.165, 1.54) is 32.4 Å². The lowest BCUT2D eigenvalue weighted by Gasteiger charge is -2.20. The van der Waals surface area contributed by atoms with Crippen molar-refractivity contribution in [3.05, 3.63) is 18.2 Å². The van der Waals surface area contributed by atoms with Gasteiger partial charge in [-0.25, -0.2) is 21.6 Å². The Labute approximate surface area is 135 Å². The summed E-state index contributed by atoms with van der Waals surface area (Å²) in [6.07, 6.45) is 0.838. The Bertz CT molecular complexity index is 789. The number of primary amides is 1. The lowest BCUT2D eigenvalue weighted by atomic mass is 10.3. The van der Waals surface area contributed by atoms with Crippen LogP contribution in [0.1, 0.15) is 6.42 Å². The van der Waals surface area contributed by atoms with Gasteiger partial charge in [0.15, 0.2) is 0 Å². The monoisotopic (exact) mass is 365 g/mol. The van der Waals surface area contributed by atoms with Gasteiger partial charge in [0, 0.05) is 20.0 Å². The molecule has 0 saturated carbocycles. The van der Waals surface area contributed by atoms with Gasteiger partial charge in [-0.2, -0.15) is 0 Å². The first-order chi connectivity index (χ1) is 10.5. The topological polar surface area (TPSA) is 136 Å². The zero-order valence-corrected chi connectivity index (χ0v) is 14.6. The highest BCUT2D eigenvalue weighted by atomic mass is 32.2. The fourth-order valence-corrected chi connectivity index (χ4v) is 3.21. The first-order valence-corrected chi connectivity index (χ1v) is 9.72. The third-order valence-corrected chi connectivity index (χ3v) is 5.61. The van der Waals surface area contributed by atoms with E-state index >= 15 is 0 Å². The molecule has 1 aromatic carbocycles. The predicted molar refractivity (Wildman–Crippen MR) is 85.2 cm³/mol. The number of ether oxygens (including phenoxy) is 1. The number of benzene rings is 1. The number of sulfonamides is 2. The number of methoxy groups -OCH3 is 1. The molecular weight excluding hydrogens is 346 g/mol. The number of anilines is 1. The molecule has 11 heteroatoms. The molecule has 9 nitrogen and oxygen atoms in total. The van der Waals surface area contributed by atoms with Gasteiger partial charge in [0.25, 0.3) is 0 Å². The van der Waals surface area contributed by atoms with E-state index in [2.05, 4.69) is 4.72 Å². The first kappa shape index (κ1) is 19.2. The normalized spacial score (nSPS) is 12.0. The van der Waals surface area contributed by atoms with Gasteiger partial charge in [0.2, 0.25) is 26.0 Å². The number of amides is 1. The van der Waals surface area contributed by atoms with Crippen molar-refractivity contribution in [1.29, 1.82) is 0 Å². The van der Waals surface area contributed by atoms with E-state index in [9.17, 15) is 21.6 Å². The highest BCUT2D eigenvalue weighted by Gasteiger charge is 2.21. The largest absolute Gasteiger partial charge is 0.495 e. The van der Waals surface area contributed by atoms with E-state index in [1.807, 2.05) is 0 Å². The number of nitrogens with two attached hydrogens (primary N) is 1. The summed E-state index contributed by atoms with van der Waals surface area (Å²) in [5.41, 5.74) is 5.02. The van der Waals surface area contributed by atoms with Crippen LogP contribution in [0.3, 0.4) is 0 Å². The van der Waals surface area contributed by atoms with Gasteiger partial charge in [-0.05, 0) is 18.2 Å². The number of carbonyl (C=O) groups excluding carboxylic acids is 1. The van der Waals surface area contributed by atoms with Crippen molar-refractivity contribution < 1.29 is 26.4 Å². The second kappa shape index (κ2) is 7.15. The van der Waals surface area contributed by atoms with Crippen molar-refractivity contribution in [3.63, 3.8) is 0 Å². The number of nitrogens with one attached hydrogen (secondary N) is 1. The molecular formula is C12H19N3O6S2. The fraction of sp³-hybridized carbons (Fsp3) is 0.417. The highest BCUT2D eigenvalue weighted by Crippen LogP contribution is 2.31. The summed E-state index contributed by atoms with van der Waals surface area (Å²) in [5.74, 6) is -0.436. The molecule has 0 aromatic heterocycles. The molecule has 0 fully saturated rings. The number of rotatable bonds is 8. The quantitative estimate of drug-likeness (QED) is 0.622. The van der Waals surface area contributed by atoms with E-state index < -0.39 is 26.0 Å². The SMILES string of the molecule is COc1ccc(S(=O)(=O)NCCC(N)=O)cc1N(C)S(C)(=O)=O. The maximum absolute atomic E-state index is 12.2.